The maximum Gasteiger partial charge on any atom is 0.225 e. The molecular formula is C16H27N5O2. The van der Waals surface area contributed by atoms with Crippen molar-refractivity contribution < 1.29 is 9.59 Å². The lowest BCUT2D eigenvalue weighted by atomic mass is 10.1. The van der Waals surface area contributed by atoms with Crippen molar-refractivity contribution in [2.75, 3.05) is 6.54 Å². The van der Waals surface area contributed by atoms with Gasteiger partial charge >= 0.3 is 0 Å². The van der Waals surface area contributed by atoms with Crippen LogP contribution in [-0.2, 0) is 9.59 Å². The average Bonchev–Trinajstić information content (AvgIpc) is 3.03. The van der Waals surface area contributed by atoms with Crippen LogP contribution in [0.2, 0.25) is 0 Å². The van der Waals surface area contributed by atoms with E-state index in [1.54, 1.807) is 4.90 Å². The Kier molecular flexibility index (Phi) is 5.38. The number of nitrogens with one attached hydrogen (secondary N) is 2. The molecule has 23 heavy (non-hydrogen) atoms. The fraction of sp³-hybridized carbons (Fsp3) is 0.750. The molecule has 0 bridgehead atoms. The van der Waals surface area contributed by atoms with E-state index in [2.05, 4.69) is 20.5 Å². The fourth-order valence-corrected chi connectivity index (χ4v) is 2.93. The summed E-state index contributed by atoms with van der Waals surface area (Å²) in [5.74, 6) is 1.67. The topological polar surface area (TPSA) is 91.0 Å². The highest BCUT2D eigenvalue weighted by Crippen LogP contribution is 2.31. The molecule has 1 saturated heterocycles. The van der Waals surface area contributed by atoms with Crippen LogP contribution in [0.5, 0.6) is 0 Å². The minimum Gasteiger partial charge on any atom is -0.351 e. The van der Waals surface area contributed by atoms with E-state index in [0.29, 0.717) is 31.1 Å². The van der Waals surface area contributed by atoms with Crippen LogP contribution < -0.4 is 5.32 Å². The summed E-state index contributed by atoms with van der Waals surface area (Å²) in [6.45, 7) is 10.1. The molecule has 2 atom stereocenters. The highest BCUT2D eigenvalue weighted by atomic mass is 16.2. The first-order valence-corrected chi connectivity index (χ1v) is 8.26. The molecule has 1 aliphatic rings. The second-order valence-corrected chi connectivity index (χ2v) is 7.04. The molecule has 2 amide bonds. The number of likely N-dealkylation sites (tertiary alicyclic amines) is 1. The maximum atomic E-state index is 12.5. The molecule has 128 valence electrons. The first kappa shape index (κ1) is 17.4. The summed E-state index contributed by atoms with van der Waals surface area (Å²) in [6, 6.07) is -0.230. The van der Waals surface area contributed by atoms with Crippen LogP contribution in [-0.4, -0.2) is 44.5 Å². The Labute approximate surface area is 137 Å². The van der Waals surface area contributed by atoms with Gasteiger partial charge in [0.2, 0.25) is 11.8 Å². The number of aromatic amines is 1. The third-order valence-electron chi connectivity index (χ3n) is 3.95. The van der Waals surface area contributed by atoms with Gasteiger partial charge in [0.05, 0.1) is 6.04 Å². The van der Waals surface area contributed by atoms with Crippen molar-refractivity contribution in [2.24, 2.45) is 11.8 Å². The van der Waals surface area contributed by atoms with Gasteiger partial charge in [0.15, 0.2) is 5.82 Å². The number of H-pyrrole nitrogens is 1. The van der Waals surface area contributed by atoms with E-state index in [0.717, 1.165) is 5.82 Å². The van der Waals surface area contributed by atoms with Crippen LogP contribution in [0.15, 0.2) is 0 Å². The largest absolute Gasteiger partial charge is 0.351 e. The second kappa shape index (κ2) is 7.10. The van der Waals surface area contributed by atoms with E-state index in [9.17, 15) is 9.59 Å². The molecule has 0 spiro atoms. The average molecular weight is 321 g/mol. The number of carbonyl (C=O) groups is 2. The van der Waals surface area contributed by atoms with Crippen molar-refractivity contribution in [3.63, 3.8) is 0 Å². The van der Waals surface area contributed by atoms with Gasteiger partial charge in [-0.25, -0.2) is 4.98 Å². The molecule has 2 unspecified atom stereocenters. The normalized spacial score (nSPS) is 21.3. The van der Waals surface area contributed by atoms with Gasteiger partial charge in [0.25, 0.3) is 0 Å². The van der Waals surface area contributed by atoms with Crippen molar-refractivity contribution in [3.05, 3.63) is 11.6 Å². The van der Waals surface area contributed by atoms with Crippen LogP contribution in [0.3, 0.4) is 0 Å². The Bertz CT molecular complexity index is 567. The molecule has 2 N–H and O–H groups in total. The number of aromatic nitrogens is 3. The Morgan fingerprint density at radius 1 is 1.35 bits per heavy atom. The molecule has 1 aromatic heterocycles. The van der Waals surface area contributed by atoms with Gasteiger partial charge in [-0.3, -0.25) is 14.7 Å². The standard InChI is InChI=1S/C16H27N5O2/c1-9(2)6-14(22)18-12-7-13(15-17-11(5)19-20-15)21(8-12)16(23)10(3)4/h9-10,12-13H,6-8H2,1-5H3,(H,18,22)(H,17,19,20). The van der Waals surface area contributed by atoms with Gasteiger partial charge in [-0.2, -0.15) is 5.10 Å². The van der Waals surface area contributed by atoms with Gasteiger partial charge < -0.3 is 10.2 Å². The minimum atomic E-state index is -0.181. The van der Waals surface area contributed by atoms with E-state index in [-0.39, 0.29) is 29.8 Å². The number of hydrogen-bond acceptors (Lipinski definition) is 4. The lowest BCUT2D eigenvalue weighted by Crippen LogP contribution is -2.40. The van der Waals surface area contributed by atoms with Gasteiger partial charge in [-0.15, -0.1) is 0 Å². The van der Waals surface area contributed by atoms with E-state index in [4.69, 9.17) is 0 Å². The number of amides is 2. The summed E-state index contributed by atoms with van der Waals surface area (Å²) in [6.07, 6.45) is 1.15. The summed E-state index contributed by atoms with van der Waals surface area (Å²) in [5, 5.41) is 10.1. The van der Waals surface area contributed by atoms with Crippen molar-refractivity contribution >= 4 is 11.8 Å². The number of rotatable bonds is 5. The van der Waals surface area contributed by atoms with Crippen molar-refractivity contribution in [3.8, 4) is 0 Å². The van der Waals surface area contributed by atoms with Crippen LogP contribution in [0.25, 0.3) is 0 Å². The minimum absolute atomic E-state index is 0.0359. The summed E-state index contributed by atoms with van der Waals surface area (Å²) in [7, 11) is 0. The third kappa shape index (κ3) is 4.30. The molecule has 0 aliphatic carbocycles. The second-order valence-electron chi connectivity index (χ2n) is 7.04. The molecule has 1 fully saturated rings. The Hall–Kier alpha value is -1.92. The van der Waals surface area contributed by atoms with Crippen molar-refractivity contribution in [2.45, 2.75) is 59.5 Å². The lowest BCUT2D eigenvalue weighted by Gasteiger charge is -2.24. The molecule has 0 saturated carbocycles. The molecular weight excluding hydrogens is 294 g/mol. The molecule has 2 rings (SSSR count). The van der Waals surface area contributed by atoms with Crippen LogP contribution in [0.4, 0.5) is 0 Å². The van der Waals surface area contributed by atoms with E-state index < -0.39 is 0 Å². The Morgan fingerprint density at radius 3 is 2.57 bits per heavy atom. The Balaban J connectivity index is 2.12. The summed E-state index contributed by atoms with van der Waals surface area (Å²) >= 11 is 0. The van der Waals surface area contributed by atoms with Gasteiger partial charge in [0.1, 0.15) is 5.82 Å². The molecule has 0 radical (unpaired) electrons. The summed E-state index contributed by atoms with van der Waals surface area (Å²) in [5.41, 5.74) is 0. The smallest absolute Gasteiger partial charge is 0.225 e. The van der Waals surface area contributed by atoms with E-state index in [1.807, 2.05) is 34.6 Å². The molecule has 1 aromatic rings. The molecule has 2 heterocycles. The van der Waals surface area contributed by atoms with Gasteiger partial charge in [0, 0.05) is 24.9 Å². The summed E-state index contributed by atoms with van der Waals surface area (Å²) < 4.78 is 0. The van der Waals surface area contributed by atoms with Crippen molar-refractivity contribution in [1.82, 2.24) is 25.4 Å². The van der Waals surface area contributed by atoms with Crippen LogP contribution in [0.1, 0.15) is 58.2 Å². The third-order valence-corrected chi connectivity index (χ3v) is 3.95. The zero-order valence-electron chi connectivity index (χ0n) is 14.6. The maximum absolute atomic E-state index is 12.5. The predicted molar refractivity (Wildman–Crippen MR) is 86.4 cm³/mol. The number of nitrogens with zero attached hydrogens (tertiary/aromatic N) is 3. The fourth-order valence-electron chi connectivity index (χ4n) is 2.93. The monoisotopic (exact) mass is 321 g/mol. The first-order chi connectivity index (χ1) is 10.8. The van der Waals surface area contributed by atoms with Gasteiger partial charge in [-0.05, 0) is 19.3 Å². The molecule has 0 aromatic carbocycles. The van der Waals surface area contributed by atoms with E-state index >= 15 is 0 Å². The van der Waals surface area contributed by atoms with Crippen LogP contribution in [0, 0.1) is 18.8 Å². The van der Waals surface area contributed by atoms with E-state index in [1.165, 1.54) is 0 Å². The molecule has 1 aliphatic heterocycles. The lowest BCUT2D eigenvalue weighted by molar-refractivity contribution is -0.135. The van der Waals surface area contributed by atoms with Gasteiger partial charge in [-0.1, -0.05) is 27.7 Å². The number of aryl methyl sites for hydroxylation is 1. The number of carbonyl (C=O) groups excluding carboxylic acids is 2. The zero-order chi connectivity index (χ0) is 17.1. The number of hydrogen-bond donors (Lipinski definition) is 2. The zero-order valence-corrected chi connectivity index (χ0v) is 14.6. The molecule has 7 heteroatoms. The first-order valence-electron chi connectivity index (χ1n) is 8.26. The predicted octanol–water partition coefficient (Wildman–Crippen LogP) is 1.57. The quantitative estimate of drug-likeness (QED) is 0.861. The highest BCUT2D eigenvalue weighted by molar-refractivity contribution is 5.80. The Morgan fingerprint density at radius 2 is 2.04 bits per heavy atom. The summed E-state index contributed by atoms with van der Waals surface area (Å²) in [4.78, 5) is 30.7. The van der Waals surface area contributed by atoms with Crippen molar-refractivity contribution in [1.29, 1.82) is 0 Å². The highest BCUT2D eigenvalue weighted by Gasteiger charge is 2.39. The molecule has 7 nitrogen and oxygen atoms in total. The SMILES string of the molecule is Cc1nc(C2CC(NC(=O)CC(C)C)CN2C(=O)C(C)C)n[nH]1. The van der Waals surface area contributed by atoms with Crippen LogP contribution >= 0.6 is 0 Å².